The van der Waals surface area contributed by atoms with E-state index in [1.54, 1.807) is 25.5 Å². The molecule has 0 bridgehead atoms. The smallest absolute Gasteiger partial charge is 0.237 e. The molecular formula is C23H25N7O4S. The van der Waals surface area contributed by atoms with Gasteiger partial charge in [-0.25, -0.2) is 0 Å². The van der Waals surface area contributed by atoms with Crippen molar-refractivity contribution in [3.63, 3.8) is 0 Å². The summed E-state index contributed by atoms with van der Waals surface area (Å²) in [5, 5.41) is 16.3. The number of thioether (sulfide) groups is 1. The van der Waals surface area contributed by atoms with Gasteiger partial charge in [-0.15, -0.1) is 10.2 Å². The normalized spacial score (nSPS) is 13.3. The fourth-order valence-electron chi connectivity index (χ4n) is 3.87. The molecule has 3 aromatic heterocycles. The monoisotopic (exact) mass is 495 g/mol. The van der Waals surface area contributed by atoms with Crippen molar-refractivity contribution in [2.75, 3.05) is 30.4 Å². The Bertz CT molecular complexity index is 1260. The molecule has 0 unspecified atom stereocenters. The second-order valence-corrected chi connectivity index (χ2v) is 8.90. The number of nitrogens with zero attached hydrogens (tertiary/aromatic N) is 6. The molecule has 11 nitrogen and oxygen atoms in total. The Morgan fingerprint density at radius 1 is 1.17 bits per heavy atom. The number of ether oxygens (including phenoxy) is 1. The first-order valence-corrected chi connectivity index (χ1v) is 12.3. The summed E-state index contributed by atoms with van der Waals surface area (Å²) in [5.41, 5.74) is 0.587. The quantitative estimate of drug-likeness (QED) is 0.327. The number of amides is 1. The van der Waals surface area contributed by atoms with E-state index >= 15 is 0 Å². The third-order valence-electron chi connectivity index (χ3n) is 5.51. The van der Waals surface area contributed by atoms with Gasteiger partial charge >= 0.3 is 0 Å². The predicted octanol–water partition coefficient (Wildman–Crippen LogP) is 3.38. The van der Waals surface area contributed by atoms with Gasteiger partial charge in [-0.3, -0.25) is 9.36 Å². The molecule has 0 spiro atoms. The van der Waals surface area contributed by atoms with Crippen LogP contribution in [0.2, 0.25) is 0 Å². The van der Waals surface area contributed by atoms with E-state index in [1.807, 2.05) is 28.8 Å². The predicted molar refractivity (Wildman–Crippen MR) is 128 cm³/mol. The standard InChI is InChI=1S/C23H25N7O4S/c1-32-18-9-3-2-8-17(18)24-20(31)13-19-25-21(34-28-19)15-35-23-27-26-22(29-10-4-5-11-29)30(23)14-16-7-6-12-33-16/h2-3,6-9,12H,4-5,10-11,13-15H2,1H3,(H,24,31). The second kappa shape index (κ2) is 10.6. The highest BCUT2D eigenvalue weighted by Crippen LogP contribution is 2.28. The summed E-state index contributed by atoms with van der Waals surface area (Å²) in [7, 11) is 1.55. The first-order valence-electron chi connectivity index (χ1n) is 11.3. The first-order chi connectivity index (χ1) is 17.2. The van der Waals surface area contributed by atoms with E-state index in [9.17, 15) is 4.79 Å². The van der Waals surface area contributed by atoms with Gasteiger partial charge in [-0.05, 0) is 37.1 Å². The minimum Gasteiger partial charge on any atom is -0.495 e. The number of rotatable bonds is 10. The van der Waals surface area contributed by atoms with Crippen LogP contribution in [0.1, 0.15) is 30.3 Å². The average molecular weight is 496 g/mol. The number of carbonyl (C=O) groups excluding carboxylic acids is 1. The Morgan fingerprint density at radius 3 is 2.83 bits per heavy atom. The van der Waals surface area contributed by atoms with Crippen LogP contribution in [0.25, 0.3) is 0 Å². The second-order valence-electron chi connectivity index (χ2n) is 7.96. The van der Waals surface area contributed by atoms with Crippen molar-refractivity contribution in [1.82, 2.24) is 24.9 Å². The van der Waals surface area contributed by atoms with E-state index in [2.05, 4.69) is 30.6 Å². The molecule has 35 heavy (non-hydrogen) atoms. The highest BCUT2D eigenvalue weighted by atomic mass is 32.2. The van der Waals surface area contributed by atoms with Crippen LogP contribution < -0.4 is 15.0 Å². The molecular weight excluding hydrogens is 470 g/mol. The molecule has 12 heteroatoms. The summed E-state index contributed by atoms with van der Waals surface area (Å²) in [5.74, 6) is 3.10. The Labute approximate surface area is 205 Å². The summed E-state index contributed by atoms with van der Waals surface area (Å²) in [4.78, 5) is 19.0. The zero-order valence-corrected chi connectivity index (χ0v) is 20.0. The first kappa shape index (κ1) is 23.0. The van der Waals surface area contributed by atoms with Crippen LogP contribution >= 0.6 is 11.8 Å². The van der Waals surface area contributed by atoms with Crippen molar-refractivity contribution in [3.8, 4) is 5.75 Å². The fourth-order valence-corrected chi connectivity index (χ4v) is 4.64. The number of benzene rings is 1. The molecule has 182 valence electrons. The largest absolute Gasteiger partial charge is 0.495 e. The highest BCUT2D eigenvalue weighted by Gasteiger charge is 2.23. The number of para-hydroxylation sites is 2. The maximum Gasteiger partial charge on any atom is 0.237 e. The van der Waals surface area contributed by atoms with Crippen LogP contribution in [0.3, 0.4) is 0 Å². The summed E-state index contributed by atoms with van der Waals surface area (Å²) >= 11 is 1.45. The van der Waals surface area contributed by atoms with Crippen molar-refractivity contribution in [2.45, 2.75) is 36.7 Å². The Balaban J connectivity index is 1.22. The molecule has 0 radical (unpaired) electrons. The average Bonchev–Trinajstić information content (AvgIpc) is 3.67. The van der Waals surface area contributed by atoms with Gasteiger partial charge in [0.2, 0.25) is 17.7 Å². The number of hydrogen-bond donors (Lipinski definition) is 1. The lowest BCUT2D eigenvalue weighted by molar-refractivity contribution is -0.115. The van der Waals surface area contributed by atoms with Crippen LogP contribution in [0, 0.1) is 0 Å². The topological polar surface area (TPSA) is 124 Å². The van der Waals surface area contributed by atoms with E-state index < -0.39 is 0 Å². The Morgan fingerprint density at radius 2 is 2.03 bits per heavy atom. The van der Waals surface area contributed by atoms with Gasteiger partial charge in [0.25, 0.3) is 0 Å². The number of aromatic nitrogens is 5. The molecule has 1 N–H and O–H groups in total. The number of hydrogen-bond acceptors (Lipinski definition) is 10. The van der Waals surface area contributed by atoms with Crippen LogP contribution in [-0.2, 0) is 23.5 Å². The minimum absolute atomic E-state index is 0.0139. The summed E-state index contributed by atoms with van der Waals surface area (Å²) in [6.07, 6.45) is 3.93. The molecule has 0 saturated carbocycles. The number of anilines is 2. The van der Waals surface area contributed by atoms with E-state index in [4.69, 9.17) is 13.7 Å². The van der Waals surface area contributed by atoms with Crippen molar-refractivity contribution < 1.29 is 18.5 Å². The summed E-state index contributed by atoms with van der Waals surface area (Å²) in [6, 6.07) is 11.0. The molecule has 1 fully saturated rings. The molecule has 1 amide bonds. The van der Waals surface area contributed by atoms with Gasteiger partial charge in [-0.1, -0.05) is 29.1 Å². The third-order valence-corrected chi connectivity index (χ3v) is 6.47. The van der Waals surface area contributed by atoms with E-state index in [-0.39, 0.29) is 12.3 Å². The molecule has 1 aliphatic rings. The lowest BCUT2D eigenvalue weighted by atomic mass is 10.2. The van der Waals surface area contributed by atoms with Crippen molar-refractivity contribution in [3.05, 3.63) is 60.1 Å². The fraction of sp³-hybridized carbons (Fsp3) is 0.348. The van der Waals surface area contributed by atoms with Gasteiger partial charge in [0.1, 0.15) is 11.5 Å². The molecule has 4 aromatic rings. The zero-order chi connectivity index (χ0) is 24.0. The van der Waals surface area contributed by atoms with Crippen molar-refractivity contribution >= 4 is 29.3 Å². The number of furan rings is 1. The van der Waals surface area contributed by atoms with Gasteiger partial charge in [0.05, 0.1) is 37.8 Å². The molecule has 1 aliphatic heterocycles. The van der Waals surface area contributed by atoms with Gasteiger partial charge in [0.15, 0.2) is 11.0 Å². The van der Waals surface area contributed by atoms with Gasteiger partial charge in [-0.2, -0.15) is 4.98 Å². The lowest BCUT2D eigenvalue weighted by Gasteiger charge is -2.17. The summed E-state index contributed by atoms with van der Waals surface area (Å²) in [6.45, 7) is 2.46. The van der Waals surface area contributed by atoms with E-state index in [0.29, 0.717) is 35.4 Å². The van der Waals surface area contributed by atoms with Gasteiger partial charge in [0, 0.05) is 13.1 Å². The third kappa shape index (κ3) is 5.48. The molecule has 1 aromatic carbocycles. The molecule has 4 heterocycles. The maximum absolute atomic E-state index is 12.4. The Hall–Kier alpha value is -3.80. The lowest BCUT2D eigenvalue weighted by Crippen LogP contribution is -2.22. The van der Waals surface area contributed by atoms with E-state index in [1.165, 1.54) is 11.8 Å². The van der Waals surface area contributed by atoms with Crippen LogP contribution in [0.15, 0.2) is 56.8 Å². The maximum atomic E-state index is 12.4. The molecule has 0 aliphatic carbocycles. The van der Waals surface area contributed by atoms with E-state index in [0.717, 1.165) is 42.8 Å². The highest BCUT2D eigenvalue weighted by molar-refractivity contribution is 7.98. The van der Waals surface area contributed by atoms with Gasteiger partial charge < -0.3 is 23.9 Å². The van der Waals surface area contributed by atoms with Crippen LogP contribution in [-0.4, -0.2) is 51.0 Å². The zero-order valence-electron chi connectivity index (χ0n) is 19.2. The number of methoxy groups -OCH3 is 1. The number of nitrogens with one attached hydrogen (secondary N) is 1. The molecule has 1 saturated heterocycles. The minimum atomic E-state index is -0.261. The van der Waals surface area contributed by atoms with Crippen LogP contribution in [0.4, 0.5) is 11.6 Å². The number of carbonyl (C=O) groups is 1. The SMILES string of the molecule is COc1ccccc1NC(=O)Cc1noc(CSc2nnc(N3CCCC3)n2Cc2ccco2)n1. The van der Waals surface area contributed by atoms with Crippen molar-refractivity contribution in [1.29, 1.82) is 0 Å². The van der Waals surface area contributed by atoms with Crippen molar-refractivity contribution in [2.24, 2.45) is 0 Å². The van der Waals surface area contributed by atoms with Crippen LogP contribution in [0.5, 0.6) is 5.75 Å². The molecule has 0 atom stereocenters. The molecule has 5 rings (SSSR count). The summed E-state index contributed by atoms with van der Waals surface area (Å²) < 4.78 is 18.2. The Kier molecular flexibility index (Phi) is 6.98.